The molecule has 0 aromatic rings. The lowest BCUT2D eigenvalue weighted by atomic mass is 9.53. The molecule has 3 atom stereocenters. The first kappa shape index (κ1) is 12.1. The van der Waals surface area contributed by atoms with Gasteiger partial charge in [-0.05, 0) is 31.1 Å². The number of nitro groups is 1. The number of hydrogen-bond acceptors (Lipinski definition) is 3. The smallest absolute Gasteiger partial charge is 0.304 e. The molecule has 1 saturated carbocycles. The van der Waals surface area contributed by atoms with E-state index in [-0.39, 0.29) is 23.8 Å². The molecule has 0 radical (unpaired) electrons. The molecule has 0 spiro atoms. The lowest BCUT2D eigenvalue weighted by Gasteiger charge is -2.48. The minimum Gasteiger partial charge on any atom is -0.481 e. The van der Waals surface area contributed by atoms with E-state index >= 15 is 0 Å². The molecule has 0 aliphatic heterocycles. The van der Waals surface area contributed by atoms with Crippen molar-refractivity contribution in [1.29, 1.82) is 0 Å². The highest BCUT2D eigenvalue weighted by Gasteiger charge is 2.58. The van der Waals surface area contributed by atoms with Crippen LogP contribution in [0.4, 0.5) is 0 Å². The second kappa shape index (κ2) is 4.13. The topological polar surface area (TPSA) is 80.4 Å². The van der Waals surface area contributed by atoms with E-state index < -0.39 is 11.4 Å². The molecule has 0 aromatic carbocycles. The van der Waals surface area contributed by atoms with Crippen molar-refractivity contribution in [3.8, 4) is 0 Å². The Morgan fingerprint density at radius 2 is 2.41 bits per heavy atom. The van der Waals surface area contributed by atoms with Crippen molar-refractivity contribution in [2.45, 2.75) is 32.6 Å². The number of allylic oxidation sites excluding steroid dienone is 2. The van der Waals surface area contributed by atoms with Gasteiger partial charge in [0.05, 0.1) is 11.8 Å². The van der Waals surface area contributed by atoms with E-state index in [1.807, 2.05) is 0 Å². The molecule has 0 amide bonds. The Morgan fingerprint density at radius 3 is 2.94 bits per heavy atom. The monoisotopic (exact) mass is 239 g/mol. The van der Waals surface area contributed by atoms with Gasteiger partial charge in [0.1, 0.15) is 0 Å². The fourth-order valence-electron chi connectivity index (χ4n) is 3.53. The maximum absolute atomic E-state index is 10.9. The van der Waals surface area contributed by atoms with Gasteiger partial charge in [-0.2, -0.15) is 0 Å². The molecule has 0 aromatic heterocycles. The zero-order valence-corrected chi connectivity index (χ0v) is 9.89. The summed E-state index contributed by atoms with van der Waals surface area (Å²) >= 11 is 0. The lowest BCUT2D eigenvalue weighted by Crippen LogP contribution is -2.50. The molecule has 0 unspecified atom stereocenters. The molecule has 5 nitrogen and oxygen atoms in total. The normalized spacial score (nSPS) is 34.8. The summed E-state index contributed by atoms with van der Waals surface area (Å²) in [4.78, 5) is 21.2. The fourth-order valence-corrected chi connectivity index (χ4v) is 3.53. The van der Waals surface area contributed by atoms with E-state index in [0.717, 1.165) is 12.8 Å². The van der Waals surface area contributed by atoms with Crippen molar-refractivity contribution in [1.82, 2.24) is 0 Å². The molecule has 1 N–H and O–H groups in total. The Hall–Kier alpha value is -1.39. The van der Waals surface area contributed by atoms with Crippen molar-refractivity contribution in [3.63, 3.8) is 0 Å². The second-order valence-corrected chi connectivity index (χ2v) is 5.30. The Kier molecular flexibility index (Phi) is 2.93. The van der Waals surface area contributed by atoms with Crippen LogP contribution >= 0.6 is 0 Å². The first-order chi connectivity index (χ1) is 7.97. The van der Waals surface area contributed by atoms with Crippen LogP contribution in [0.1, 0.15) is 32.6 Å². The van der Waals surface area contributed by atoms with Crippen LogP contribution in [0.3, 0.4) is 0 Å². The molecular formula is C12H17NO4. The molecule has 0 bridgehead atoms. The number of carboxylic acids is 1. The van der Waals surface area contributed by atoms with E-state index in [9.17, 15) is 14.9 Å². The number of hydrogen-bond donors (Lipinski definition) is 1. The van der Waals surface area contributed by atoms with Crippen LogP contribution in [0.2, 0.25) is 0 Å². The predicted molar refractivity (Wildman–Crippen MR) is 61.1 cm³/mol. The van der Waals surface area contributed by atoms with Gasteiger partial charge in [0.25, 0.3) is 0 Å². The SMILES string of the molecule is CCC1=C[C@@H]2[C@@H](C1)C[C@@]2(CC(=O)O)C[N+](=O)[O-]. The summed E-state index contributed by atoms with van der Waals surface area (Å²) in [6.45, 7) is 1.86. The molecular weight excluding hydrogens is 222 g/mol. The van der Waals surface area contributed by atoms with Crippen LogP contribution in [0, 0.1) is 27.4 Å². The highest BCUT2D eigenvalue weighted by atomic mass is 16.6. The van der Waals surface area contributed by atoms with Gasteiger partial charge in [0, 0.05) is 4.92 Å². The third kappa shape index (κ3) is 2.06. The maximum atomic E-state index is 10.9. The summed E-state index contributed by atoms with van der Waals surface area (Å²) in [5, 5.41) is 19.6. The number of rotatable bonds is 5. The van der Waals surface area contributed by atoms with E-state index in [2.05, 4.69) is 13.0 Å². The molecule has 5 heteroatoms. The lowest BCUT2D eigenvalue weighted by molar-refractivity contribution is -0.505. The fraction of sp³-hybridized carbons (Fsp3) is 0.750. The minimum absolute atomic E-state index is 0.0807. The highest BCUT2D eigenvalue weighted by Crippen LogP contribution is 2.60. The van der Waals surface area contributed by atoms with Gasteiger partial charge >= 0.3 is 5.97 Å². The van der Waals surface area contributed by atoms with Gasteiger partial charge in [-0.25, -0.2) is 0 Å². The number of aliphatic carboxylic acids is 1. The largest absolute Gasteiger partial charge is 0.481 e. The maximum Gasteiger partial charge on any atom is 0.304 e. The first-order valence-corrected chi connectivity index (χ1v) is 6.00. The van der Waals surface area contributed by atoms with Crippen molar-refractivity contribution >= 4 is 5.97 Å². The van der Waals surface area contributed by atoms with Crippen molar-refractivity contribution in [2.24, 2.45) is 17.3 Å². The quantitative estimate of drug-likeness (QED) is 0.452. The molecule has 2 aliphatic carbocycles. The molecule has 17 heavy (non-hydrogen) atoms. The summed E-state index contributed by atoms with van der Waals surface area (Å²) in [7, 11) is 0. The Balaban J connectivity index is 2.17. The first-order valence-electron chi connectivity index (χ1n) is 6.00. The number of carbonyl (C=O) groups is 1. The third-order valence-corrected chi connectivity index (χ3v) is 4.22. The van der Waals surface area contributed by atoms with Gasteiger partial charge < -0.3 is 5.11 Å². The molecule has 0 saturated heterocycles. The van der Waals surface area contributed by atoms with Crippen LogP contribution in [0.15, 0.2) is 11.6 Å². The summed E-state index contributed by atoms with van der Waals surface area (Å²) in [6.07, 6.45) is 4.67. The molecule has 94 valence electrons. The van der Waals surface area contributed by atoms with Crippen LogP contribution in [-0.4, -0.2) is 22.5 Å². The van der Waals surface area contributed by atoms with E-state index in [0.29, 0.717) is 12.3 Å². The number of carboxylic acid groups (broad SMARTS) is 1. The molecule has 2 aliphatic rings. The summed E-state index contributed by atoms with van der Waals surface area (Å²) < 4.78 is 0. The standard InChI is InChI=1S/C12H17NO4/c1-2-8-3-9-5-12(6-11(14)15,7-13(16)17)10(9)4-8/h4,9-10H,2-3,5-7H2,1H3,(H,14,15)/t9-,10+,12+/m0/s1. The number of fused-ring (bicyclic) bond motifs is 1. The van der Waals surface area contributed by atoms with E-state index in [4.69, 9.17) is 5.11 Å². The third-order valence-electron chi connectivity index (χ3n) is 4.22. The minimum atomic E-state index is -0.927. The second-order valence-electron chi connectivity index (χ2n) is 5.30. The van der Waals surface area contributed by atoms with Crippen molar-refractivity contribution in [3.05, 3.63) is 21.8 Å². The molecule has 0 heterocycles. The Labute approximate surface area is 99.7 Å². The van der Waals surface area contributed by atoms with Crippen LogP contribution in [0.5, 0.6) is 0 Å². The molecule has 2 rings (SSSR count). The van der Waals surface area contributed by atoms with E-state index in [1.54, 1.807) is 0 Å². The summed E-state index contributed by atoms with van der Waals surface area (Å²) in [6, 6.07) is 0. The summed E-state index contributed by atoms with van der Waals surface area (Å²) in [5.41, 5.74) is 0.701. The van der Waals surface area contributed by atoms with E-state index in [1.165, 1.54) is 5.57 Å². The van der Waals surface area contributed by atoms with Gasteiger partial charge in [-0.3, -0.25) is 14.9 Å². The van der Waals surface area contributed by atoms with Crippen LogP contribution in [0.25, 0.3) is 0 Å². The highest BCUT2D eigenvalue weighted by molar-refractivity contribution is 5.68. The predicted octanol–water partition coefficient (Wildman–Crippen LogP) is 2.10. The van der Waals surface area contributed by atoms with Crippen molar-refractivity contribution in [2.75, 3.05) is 6.54 Å². The van der Waals surface area contributed by atoms with Gasteiger partial charge in [-0.1, -0.05) is 18.6 Å². The number of nitrogens with zero attached hydrogens (tertiary/aromatic N) is 1. The van der Waals surface area contributed by atoms with Crippen LogP contribution < -0.4 is 0 Å². The Bertz CT molecular complexity index is 372. The zero-order chi connectivity index (χ0) is 12.6. The van der Waals surface area contributed by atoms with Gasteiger partial charge in [-0.15, -0.1) is 0 Å². The zero-order valence-electron chi connectivity index (χ0n) is 9.89. The molecule has 1 fully saturated rings. The summed E-state index contributed by atoms with van der Waals surface area (Å²) in [5.74, 6) is -0.369. The van der Waals surface area contributed by atoms with Gasteiger partial charge in [0.15, 0.2) is 0 Å². The van der Waals surface area contributed by atoms with Crippen LogP contribution in [-0.2, 0) is 4.79 Å². The Morgan fingerprint density at radius 1 is 1.71 bits per heavy atom. The van der Waals surface area contributed by atoms with Gasteiger partial charge in [0.2, 0.25) is 6.54 Å². The van der Waals surface area contributed by atoms with Crippen molar-refractivity contribution < 1.29 is 14.8 Å². The average molecular weight is 239 g/mol. The average Bonchev–Trinajstić information content (AvgIpc) is 2.54.